The number of imide groups is 4. The number of amides is 5. The van der Waals surface area contributed by atoms with E-state index in [2.05, 4.69) is 0 Å². The van der Waals surface area contributed by atoms with Gasteiger partial charge in [-0.1, -0.05) is 13.8 Å². The highest BCUT2D eigenvalue weighted by molar-refractivity contribution is 6.36. The molecule has 7 heteroatoms. The number of rotatable bonds is 1. The summed E-state index contributed by atoms with van der Waals surface area (Å²) < 4.78 is 0. The van der Waals surface area contributed by atoms with E-state index >= 15 is 0 Å². The number of carbonyl (C=O) groups excluding carboxylic acids is 5. The van der Waals surface area contributed by atoms with Crippen molar-refractivity contribution >= 4 is 40.3 Å². The van der Waals surface area contributed by atoms with Crippen LogP contribution in [0.25, 0.3) is 10.8 Å². The van der Waals surface area contributed by atoms with E-state index in [1.807, 2.05) is 0 Å². The molecule has 2 aliphatic rings. The van der Waals surface area contributed by atoms with Crippen molar-refractivity contribution in [2.24, 2.45) is 5.92 Å². The summed E-state index contributed by atoms with van der Waals surface area (Å²) in [5.41, 5.74) is 0.0651. The maximum absolute atomic E-state index is 13.1. The highest BCUT2D eigenvalue weighted by atomic mass is 16.2. The molecular weight excluding hydrogens is 372 g/mol. The third-order valence-electron chi connectivity index (χ3n) is 5.28. The third-order valence-corrected chi connectivity index (χ3v) is 5.28. The second-order valence-corrected chi connectivity index (χ2v) is 8.63. The van der Waals surface area contributed by atoms with Crippen LogP contribution in [0.5, 0.6) is 0 Å². The first-order chi connectivity index (χ1) is 13.5. The molecule has 0 aliphatic carbocycles. The normalized spacial score (nSPS) is 16.3. The highest BCUT2D eigenvalue weighted by Crippen LogP contribution is 2.39. The quantitative estimate of drug-likeness (QED) is 0.696. The maximum Gasteiger partial charge on any atom is 0.268 e. The number of hydrogen-bond acceptors (Lipinski definition) is 5. The fourth-order valence-electron chi connectivity index (χ4n) is 3.94. The van der Waals surface area contributed by atoms with Gasteiger partial charge in [0.05, 0.1) is 0 Å². The molecule has 148 valence electrons. The minimum Gasteiger partial charge on any atom is -0.274 e. The van der Waals surface area contributed by atoms with Crippen LogP contribution in [0.1, 0.15) is 76.1 Å². The highest BCUT2D eigenvalue weighted by Gasteiger charge is 2.44. The van der Waals surface area contributed by atoms with Gasteiger partial charge in [-0.25, -0.2) is 4.90 Å². The Bertz CT molecular complexity index is 1100. The van der Waals surface area contributed by atoms with Crippen molar-refractivity contribution in [3.63, 3.8) is 0 Å². The van der Waals surface area contributed by atoms with E-state index in [-0.39, 0.29) is 27.6 Å². The number of benzene rings is 2. The Labute approximate surface area is 167 Å². The molecule has 0 spiro atoms. The van der Waals surface area contributed by atoms with Gasteiger partial charge in [-0.05, 0) is 45.0 Å². The molecule has 7 nitrogen and oxygen atoms in total. The van der Waals surface area contributed by atoms with Crippen LogP contribution in [0.4, 0.5) is 0 Å². The zero-order valence-electron chi connectivity index (χ0n) is 16.8. The predicted molar refractivity (Wildman–Crippen MR) is 105 cm³/mol. The van der Waals surface area contributed by atoms with E-state index in [0.29, 0.717) is 10.3 Å². The average molecular weight is 392 g/mol. The van der Waals surface area contributed by atoms with Crippen molar-refractivity contribution in [3.05, 3.63) is 46.5 Å². The lowest BCUT2D eigenvalue weighted by molar-refractivity contribution is -0.129. The summed E-state index contributed by atoms with van der Waals surface area (Å²) in [4.78, 5) is 66.4. The third kappa shape index (κ3) is 2.40. The first-order valence-corrected chi connectivity index (χ1v) is 9.38. The molecule has 0 radical (unpaired) electrons. The molecule has 0 atom stereocenters. The Morgan fingerprint density at radius 3 is 1.38 bits per heavy atom. The Morgan fingerprint density at radius 2 is 1.07 bits per heavy atom. The Kier molecular flexibility index (Phi) is 3.81. The van der Waals surface area contributed by atoms with Crippen LogP contribution < -0.4 is 0 Å². The van der Waals surface area contributed by atoms with Crippen LogP contribution in [-0.2, 0) is 4.79 Å². The SMILES string of the molecule is CC(C)C(=O)N1C(=O)c2ccc3c4c(ccc(c24)C1=O)C(=O)N(C(C)(C)C)C3=O. The lowest BCUT2D eigenvalue weighted by atomic mass is 9.84. The van der Waals surface area contributed by atoms with Crippen LogP contribution in [0.2, 0.25) is 0 Å². The molecule has 0 saturated carbocycles. The zero-order valence-corrected chi connectivity index (χ0v) is 16.8. The first-order valence-electron chi connectivity index (χ1n) is 9.38. The fourth-order valence-corrected chi connectivity index (χ4v) is 3.94. The smallest absolute Gasteiger partial charge is 0.268 e. The summed E-state index contributed by atoms with van der Waals surface area (Å²) >= 11 is 0. The van der Waals surface area contributed by atoms with Gasteiger partial charge in [0.15, 0.2) is 0 Å². The van der Waals surface area contributed by atoms with Gasteiger partial charge in [0.1, 0.15) is 0 Å². The van der Waals surface area contributed by atoms with Crippen LogP contribution in [0.15, 0.2) is 24.3 Å². The van der Waals surface area contributed by atoms with Crippen molar-refractivity contribution in [1.29, 1.82) is 0 Å². The molecular formula is C22H20N2O5. The molecule has 2 heterocycles. The Hall–Kier alpha value is -3.35. The Balaban J connectivity index is 2.03. The summed E-state index contributed by atoms with van der Waals surface area (Å²) in [6.07, 6.45) is 0. The minimum atomic E-state index is -0.737. The molecule has 2 aromatic rings. The lowest BCUT2D eigenvalue weighted by Crippen LogP contribution is -2.52. The van der Waals surface area contributed by atoms with Gasteiger partial charge in [0, 0.05) is 44.5 Å². The standard InChI is InChI=1S/C22H20N2O5/c1-10(2)17(25)23-18(26)11-6-8-13-16-14(9-7-12(15(11)16)19(23)27)21(29)24(20(13)28)22(3,4)5/h6-10H,1-5H3. The lowest BCUT2D eigenvalue weighted by Gasteiger charge is -2.38. The monoisotopic (exact) mass is 392 g/mol. The van der Waals surface area contributed by atoms with Crippen molar-refractivity contribution in [3.8, 4) is 0 Å². The molecule has 4 rings (SSSR count). The summed E-state index contributed by atoms with van der Waals surface area (Å²) in [5.74, 6) is -3.55. The van der Waals surface area contributed by atoms with Crippen molar-refractivity contribution in [1.82, 2.24) is 9.80 Å². The van der Waals surface area contributed by atoms with E-state index in [4.69, 9.17) is 0 Å². The van der Waals surface area contributed by atoms with Crippen molar-refractivity contribution < 1.29 is 24.0 Å². The van der Waals surface area contributed by atoms with Gasteiger partial charge in [0.25, 0.3) is 23.6 Å². The molecule has 0 saturated heterocycles. The molecule has 0 unspecified atom stereocenters. The molecule has 0 fully saturated rings. The van der Waals surface area contributed by atoms with E-state index in [9.17, 15) is 24.0 Å². The molecule has 2 aromatic carbocycles. The Morgan fingerprint density at radius 1 is 0.724 bits per heavy atom. The molecule has 0 aromatic heterocycles. The predicted octanol–water partition coefficient (Wildman–Crippen LogP) is 3.01. The summed E-state index contributed by atoms with van der Waals surface area (Å²) in [7, 11) is 0. The van der Waals surface area contributed by atoms with Gasteiger partial charge in [-0.3, -0.25) is 28.9 Å². The molecule has 0 N–H and O–H groups in total. The zero-order chi connectivity index (χ0) is 21.4. The summed E-state index contributed by atoms with van der Waals surface area (Å²) in [6.45, 7) is 8.51. The van der Waals surface area contributed by atoms with Crippen LogP contribution in [-0.4, -0.2) is 44.9 Å². The molecule has 29 heavy (non-hydrogen) atoms. The summed E-state index contributed by atoms with van der Waals surface area (Å²) in [6, 6.07) is 5.89. The second kappa shape index (κ2) is 5.83. The van der Waals surface area contributed by atoms with E-state index in [0.717, 1.165) is 0 Å². The van der Waals surface area contributed by atoms with Gasteiger partial charge in [0.2, 0.25) is 5.91 Å². The van der Waals surface area contributed by atoms with Crippen LogP contribution >= 0.6 is 0 Å². The summed E-state index contributed by atoms with van der Waals surface area (Å²) in [5, 5.41) is 0.562. The average Bonchev–Trinajstić information content (AvgIpc) is 2.63. The molecule has 5 amide bonds. The van der Waals surface area contributed by atoms with Gasteiger partial charge in [-0.2, -0.15) is 0 Å². The van der Waals surface area contributed by atoms with Gasteiger partial charge >= 0.3 is 0 Å². The second-order valence-electron chi connectivity index (χ2n) is 8.63. The topological polar surface area (TPSA) is 91.8 Å². The fraction of sp³-hybridized carbons (Fsp3) is 0.318. The van der Waals surface area contributed by atoms with E-state index in [1.165, 1.54) is 29.2 Å². The van der Waals surface area contributed by atoms with Crippen LogP contribution in [0.3, 0.4) is 0 Å². The number of nitrogens with zero attached hydrogens (tertiary/aromatic N) is 2. The van der Waals surface area contributed by atoms with Crippen LogP contribution in [0, 0.1) is 5.92 Å². The minimum absolute atomic E-state index is 0.138. The molecule has 0 bridgehead atoms. The molecule has 2 aliphatic heterocycles. The largest absolute Gasteiger partial charge is 0.274 e. The maximum atomic E-state index is 13.1. The van der Waals surface area contributed by atoms with Gasteiger partial charge < -0.3 is 0 Å². The van der Waals surface area contributed by atoms with Gasteiger partial charge in [-0.15, -0.1) is 0 Å². The van der Waals surface area contributed by atoms with Crippen molar-refractivity contribution in [2.45, 2.75) is 40.2 Å². The number of carbonyl (C=O) groups is 5. The number of hydrogen-bond donors (Lipinski definition) is 0. The van der Waals surface area contributed by atoms with E-state index < -0.39 is 41.0 Å². The van der Waals surface area contributed by atoms with E-state index in [1.54, 1.807) is 34.6 Å². The van der Waals surface area contributed by atoms with Crippen molar-refractivity contribution in [2.75, 3.05) is 0 Å². The first kappa shape index (κ1) is 19.0.